The second kappa shape index (κ2) is 8.32. The minimum Gasteiger partial charge on any atom is -0.310 e. The first kappa shape index (κ1) is 19.0. The predicted octanol–water partition coefficient (Wildman–Crippen LogP) is 4.37. The Bertz CT molecular complexity index is 952. The summed E-state index contributed by atoms with van der Waals surface area (Å²) in [5.41, 5.74) is 2.91. The number of hydrogen-bond acceptors (Lipinski definition) is 5. The van der Waals surface area contributed by atoms with Crippen LogP contribution >= 0.6 is 11.3 Å². The minimum atomic E-state index is -0.771. The molecule has 1 fully saturated rings. The molecule has 0 aliphatic carbocycles. The van der Waals surface area contributed by atoms with E-state index in [1.807, 2.05) is 23.8 Å². The summed E-state index contributed by atoms with van der Waals surface area (Å²) in [6, 6.07) is 8.06. The summed E-state index contributed by atoms with van der Waals surface area (Å²) in [5.74, 6) is 0.581. The zero-order chi connectivity index (χ0) is 19.5. The molecule has 2 aromatic heterocycles. The maximum absolute atomic E-state index is 13.4. The molecule has 0 spiro atoms. The molecule has 28 heavy (non-hydrogen) atoms. The summed E-state index contributed by atoms with van der Waals surface area (Å²) in [6.07, 6.45) is 4.46. The van der Waals surface area contributed by atoms with Crippen LogP contribution in [-0.2, 0) is 4.79 Å². The number of carbonyl (C=O) groups is 1. The van der Waals surface area contributed by atoms with Crippen molar-refractivity contribution in [3.05, 3.63) is 42.2 Å². The number of nitrogens with zero attached hydrogens (tertiary/aromatic N) is 3. The zero-order valence-corrected chi connectivity index (χ0v) is 16.6. The highest BCUT2D eigenvalue weighted by Crippen LogP contribution is 2.28. The van der Waals surface area contributed by atoms with Crippen molar-refractivity contribution in [2.45, 2.75) is 25.9 Å². The third-order valence-electron chi connectivity index (χ3n) is 5.36. The van der Waals surface area contributed by atoms with Gasteiger partial charge < -0.3 is 5.32 Å². The third kappa shape index (κ3) is 4.36. The van der Waals surface area contributed by atoms with Crippen LogP contribution in [0.5, 0.6) is 0 Å². The molecule has 5 nitrogen and oxygen atoms in total. The van der Waals surface area contributed by atoms with Gasteiger partial charge >= 0.3 is 0 Å². The SMILES string of the molecule is CC(F)C1CCN(CC(=O)Nc2cc3cc(-c4cncs4)ccc3cn2)CC1. The van der Waals surface area contributed by atoms with Crippen molar-refractivity contribution in [2.24, 2.45) is 5.92 Å². The second-order valence-corrected chi connectivity index (χ2v) is 8.22. The fraction of sp³-hybridized carbons (Fsp3) is 0.381. The number of fused-ring (bicyclic) bond motifs is 1. The predicted molar refractivity (Wildman–Crippen MR) is 111 cm³/mol. The number of carbonyl (C=O) groups excluding carboxylic acids is 1. The fourth-order valence-electron chi connectivity index (χ4n) is 3.68. The van der Waals surface area contributed by atoms with Gasteiger partial charge in [-0.1, -0.05) is 12.1 Å². The maximum Gasteiger partial charge on any atom is 0.239 e. The molecule has 0 saturated carbocycles. The van der Waals surface area contributed by atoms with E-state index >= 15 is 0 Å². The van der Waals surface area contributed by atoms with Crippen molar-refractivity contribution in [2.75, 3.05) is 25.0 Å². The van der Waals surface area contributed by atoms with Crippen LogP contribution in [0.2, 0.25) is 0 Å². The second-order valence-electron chi connectivity index (χ2n) is 7.34. The topological polar surface area (TPSA) is 58.1 Å². The van der Waals surface area contributed by atoms with Crippen LogP contribution in [0, 0.1) is 5.92 Å². The summed E-state index contributed by atoms with van der Waals surface area (Å²) >= 11 is 1.60. The summed E-state index contributed by atoms with van der Waals surface area (Å²) in [7, 11) is 0. The first-order valence-electron chi connectivity index (χ1n) is 9.53. The van der Waals surface area contributed by atoms with E-state index in [4.69, 9.17) is 0 Å². The zero-order valence-electron chi connectivity index (χ0n) is 15.8. The van der Waals surface area contributed by atoms with Gasteiger partial charge in [0.15, 0.2) is 0 Å². The minimum absolute atomic E-state index is 0.0859. The average Bonchev–Trinajstić information content (AvgIpc) is 3.22. The molecule has 1 saturated heterocycles. The largest absolute Gasteiger partial charge is 0.310 e. The summed E-state index contributed by atoms with van der Waals surface area (Å²) in [6.45, 7) is 3.46. The number of piperidine rings is 1. The highest BCUT2D eigenvalue weighted by atomic mass is 32.1. The van der Waals surface area contributed by atoms with Gasteiger partial charge in [-0.2, -0.15) is 0 Å². The molecule has 1 atom stereocenters. The van der Waals surface area contributed by atoms with Crippen LogP contribution in [-0.4, -0.2) is 46.6 Å². The molecular formula is C21H23FN4OS. The van der Waals surface area contributed by atoms with Crippen LogP contribution < -0.4 is 5.32 Å². The lowest BCUT2D eigenvalue weighted by molar-refractivity contribution is -0.117. The van der Waals surface area contributed by atoms with E-state index in [1.54, 1.807) is 24.5 Å². The molecule has 1 amide bonds. The van der Waals surface area contributed by atoms with Crippen LogP contribution in [0.4, 0.5) is 10.2 Å². The van der Waals surface area contributed by atoms with Gasteiger partial charge in [0, 0.05) is 17.8 Å². The molecule has 1 aliphatic heterocycles. The van der Waals surface area contributed by atoms with Crippen LogP contribution in [0.1, 0.15) is 19.8 Å². The number of thiazole rings is 1. The fourth-order valence-corrected chi connectivity index (χ4v) is 4.30. The summed E-state index contributed by atoms with van der Waals surface area (Å²) in [4.78, 5) is 24.1. The number of likely N-dealkylation sites (tertiary alicyclic amines) is 1. The van der Waals surface area contributed by atoms with E-state index in [1.165, 1.54) is 0 Å². The lowest BCUT2D eigenvalue weighted by Gasteiger charge is -2.31. The molecule has 1 unspecified atom stereocenters. The number of nitrogens with one attached hydrogen (secondary N) is 1. The smallest absolute Gasteiger partial charge is 0.239 e. The highest BCUT2D eigenvalue weighted by molar-refractivity contribution is 7.13. The molecule has 1 aromatic carbocycles. The number of amides is 1. The van der Waals surface area contributed by atoms with Crippen molar-refractivity contribution < 1.29 is 9.18 Å². The molecule has 0 radical (unpaired) electrons. The molecule has 1 N–H and O–H groups in total. The number of pyridine rings is 1. The van der Waals surface area contributed by atoms with E-state index in [0.717, 1.165) is 47.1 Å². The maximum atomic E-state index is 13.4. The van der Waals surface area contributed by atoms with Gasteiger partial charge in [-0.15, -0.1) is 11.3 Å². The monoisotopic (exact) mass is 398 g/mol. The number of hydrogen-bond donors (Lipinski definition) is 1. The summed E-state index contributed by atoms with van der Waals surface area (Å²) < 4.78 is 13.4. The Kier molecular flexibility index (Phi) is 5.64. The Labute approximate surface area is 167 Å². The Morgan fingerprint density at radius 2 is 2.11 bits per heavy atom. The highest BCUT2D eigenvalue weighted by Gasteiger charge is 2.24. The lowest BCUT2D eigenvalue weighted by Crippen LogP contribution is -2.40. The number of benzene rings is 1. The van der Waals surface area contributed by atoms with Gasteiger partial charge in [-0.3, -0.25) is 14.7 Å². The Balaban J connectivity index is 1.41. The van der Waals surface area contributed by atoms with Crippen LogP contribution in [0.3, 0.4) is 0 Å². The van der Waals surface area contributed by atoms with E-state index < -0.39 is 6.17 Å². The Hall–Kier alpha value is -2.38. The number of anilines is 1. The average molecular weight is 399 g/mol. The normalized spacial score (nSPS) is 16.9. The van der Waals surface area contributed by atoms with Crippen molar-refractivity contribution in [3.63, 3.8) is 0 Å². The Morgan fingerprint density at radius 1 is 1.29 bits per heavy atom. The molecular weight excluding hydrogens is 375 g/mol. The van der Waals surface area contributed by atoms with Gasteiger partial charge in [0.25, 0.3) is 0 Å². The van der Waals surface area contributed by atoms with Gasteiger partial charge in [-0.25, -0.2) is 9.37 Å². The van der Waals surface area contributed by atoms with Crippen molar-refractivity contribution in [3.8, 4) is 10.4 Å². The molecule has 1 aliphatic rings. The quantitative estimate of drug-likeness (QED) is 0.693. The van der Waals surface area contributed by atoms with Gasteiger partial charge in [0.2, 0.25) is 5.91 Å². The molecule has 7 heteroatoms. The number of alkyl halides is 1. The van der Waals surface area contributed by atoms with E-state index in [0.29, 0.717) is 12.4 Å². The molecule has 3 heterocycles. The first-order chi connectivity index (χ1) is 13.6. The molecule has 4 rings (SSSR count). The van der Waals surface area contributed by atoms with Crippen molar-refractivity contribution in [1.82, 2.24) is 14.9 Å². The van der Waals surface area contributed by atoms with Gasteiger partial charge in [-0.05, 0) is 61.9 Å². The Morgan fingerprint density at radius 3 is 2.82 bits per heavy atom. The van der Waals surface area contributed by atoms with Crippen molar-refractivity contribution in [1.29, 1.82) is 0 Å². The summed E-state index contributed by atoms with van der Waals surface area (Å²) in [5, 5.41) is 4.94. The molecule has 146 valence electrons. The van der Waals surface area contributed by atoms with E-state index in [-0.39, 0.29) is 11.8 Å². The lowest BCUT2D eigenvalue weighted by atomic mass is 9.93. The van der Waals surface area contributed by atoms with Crippen molar-refractivity contribution >= 4 is 33.8 Å². The van der Waals surface area contributed by atoms with E-state index in [9.17, 15) is 9.18 Å². The first-order valence-corrected chi connectivity index (χ1v) is 10.4. The molecule has 0 bridgehead atoms. The van der Waals surface area contributed by atoms with Crippen LogP contribution in [0.25, 0.3) is 21.2 Å². The number of aromatic nitrogens is 2. The van der Waals surface area contributed by atoms with Crippen LogP contribution in [0.15, 0.2) is 42.2 Å². The van der Waals surface area contributed by atoms with E-state index in [2.05, 4.69) is 32.3 Å². The number of rotatable bonds is 5. The van der Waals surface area contributed by atoms with Gasteiger partial charge in [0.1, 0.15) is 12.0 Å². The standard InChI is InChI=1S/C21H23FN4OS/c1-14(22)15-4-6-26(7-5-15)12-21(27)25-20-9-18-8-16(19-11-23-13-28-19)2-3-17(18)10-24-20/h2-3,8-11,13-15H,4-7,12H2,1H3,(H,24,25,27). The third-order valence-corrected chi connectivity index (χ3v) is 6.18. The number of halogens is 1. The molecule has 3 aromatic rings. The van der Waals surface area contributed by atoms with Gasteiger partial charge in [0.05, 0.1) is 16.9 Å².